The van der Waals surface area contributed by atoms with Gasteiger partial charge in [-0.15, -0.1) is 0 Å². The summed E-state index contributed by atoms with van der Waals surface area (Å²) < 4.78 is 52.5. The van der Waals surface area contributed by atoms with Gasteiger partial charge in [0.05, 0.1) is 23.3 Å². The minimum absolute atomic E-state index is 0.0607. The summed E-state index contributed by atoms with van der Waals surface area (Å²) >= 11 is 0. The fourth-order valence-corrected chi connectivity index (χ4v) is 4.05. The third-order valence-corrected chi connectivity index (χ3v) is 5.89. The first-order valence-corrected chi connectivity index (χ1v) is 10.1. The van der Waals surface area contributed by atoms with Gasteiger partial charge in [0.25, 0.3) is 10.0 Å². The highest BCUT2D eigenvalue weighted by Crippen LogP contribution is 2.42. The summed E-state index contributed by atoms with van der Waals surface area (Å²) in [4.78, 5) is 0.0607. The number of ether oxygens (including phenoxy) is 2. The number of phenolic OH excluding ortho intramolecular Hbond substituents is 1. The summed E-state index contributed by atoms with van der Waals surface area (Å²) in [6.07, 6.45) is 0. The van der Waals surface area contributed by atoms with Crippen LogP contribution in [0, 0.1) is 5.82 Å². The van der Waals surface area contributed by atoms with E-state index in [1.807, 2.05) is 0 Å². The average Bonchev–Trinajstić information content (AvgIpc) is 2.91. The fraction of sp³-hybridized carbons (Fsp3) is 0.100. The van der Waals surface area contributed by atoms with Crippen LogP contribution in [0.4, 0.5) is 21.5 Å². The summed E-state index contributed by atoms with van der Waals surface area (Å²) in [6.45, 7) is -0.0758. The number of para-hydroxylation sites is 1. The van der Waals surface area contributed by atoms with E-state index in [-0.39, 0.29) is 22.8 Å². The molecular formula is C20H17FN2O5S. The fourth-order valence-electron chi connectivity index (χ4n) is 2.98. The summed E-state index contributed by atoms with van der Waals surface area (Å²) in [6, 6.07) is 13.4. The Hall–Kier alpha value is -3.46. The van der Waals surface area contributed by atoms with Crippen LogP contribution in [0.3, 0.4) is 0 Å². The minimum Gasteiger partial charge on any atom is -0.504 e. The van der Waals surface area contributed by atoms with Crippen LogP contribution in [0.5, 0.6) is 17.2 Å². The second kappa shape index (κ2) is 7.17. The normalized spacial score (nSPS) is 12.6. The van der Waals surface area contributed by atoms with Crippen LogP contribution in [0.1, 0.15) is 5.56 Å². The summed E-state index contributed by atoms with van der Waals surface area (Å²) in [5.74, 6) is -0.379. The molecular weight excluding hydrogens is 399 g/mol. The third-order valence-electron chi connectivity index (χ3n) is 4.51. The van der Waals surface area contributed by atoms with E-state index in [4.69, 9.17) is 9.47 Å². The van der Waals surface area contributed by atoms with Crippen molar-refractivity contribution >= 4 is 27.1 Å². The number of rotatable bonds is 4. The van der Waals surface area contributed by atoms with Crippen LogP contribution >= 0.6 is 0 Å². The first kappa shape index (κ1) is 18.9. The Morgan fingerprint density at radius 3 is 2.62 bits per heavy atom. The molecule has 0 fully saturated rings. The smallest absolute Gasteiger partial charge is 0.261 e. The number of fused-ring (bicyclic) bond motifs is 2. The molecule has 0 unspecified atom stereocenters. The van der Waals surface area contributed by atoms with Crippen molar-refractivity contribution in [3.63, 3.8) is 0 Å². The van der Waals surface area contributed by atoms with Crippen LogP contribution in [0.15, 0.2) is 59.5 Å². The van der Waals surface area contributed by atoms with Gasteiger partial charge in [-0.3, -0.25) is 4.72 Å². The van der Waals surface area contributed by atoms with Crippen LogP contribution < -0.4 is 19.5 Å². The highest BCUT2D eigenvalue weighted by atomic mass is 32.2. The van der Waals surface area contributed by atoms with Gasteiger partial charge in [0, 0.05) is 5.69 Å². The SMILES string of the molecule is COc1ccc(S(=O)(=O)Nc2cccc3c2Nc2ccc(F)c(O)c2CO3)cc1. The maximum atomic E-state index is 13.7. The van der Waals surface area contributed by atoms with Crippen LogP contribution in [0.25, 0.3) is 0 Å². The van der Waals surface area contributed by atoms with Crippen molar-refractivity contribution in [3.05, 3.63) is 66.0 Å². The number of halogens is 1. The first-order valence-electron chi connectivity index (χ1n) is 8.59. The average molecular weight is 416 g/mol. The van der Waals surface area contributed by atoms with Crippen molar-refractivity contribution in [2.45, 2.75) is 11.5 Å². The molecule has 3 aromatic carbocycles. The number of phenols is 1. The zero-order valence-corrected chi connectivity index (χ0v) is 16.1. The number of sulfonamides is 1. The van der Waals surface area contributed by atoms with Crippen molar-refractivity contribution in [3.8, 4) is 17.2 Å². The van der Waals surface area contributed by atoms with Gasteiger partial charge in [-0.05, 0) is 48.5 Å². The van der Waals surface area contributed by atoms with E-state index < -0.39 is 21.6 Å². The molecule has 0 saturated heterocycles. The summed E-state index contributed by atoms with van der Waals surface area (Å²) in [7, 11) is -2.39. The molecule has 0 saturated carbocycles. The lowest BCUT2D eigenvalue weighted by Gasteiger charge is -2.16. The van der Waals surface area contributed by atoms with Crippen molar-refractivity contribution in [1.29, 1.82) is 0 Å². The van der Waals surface area contributed by atoms with E-state index >= 15 is 0 Å². The van der Waals surface area contributed by atoms with E-state index in [1.165, 1.54) is 25.3 Å². The molecule has 3 aromatic rings. The summed E-state index contributed by atoms with van der Waals surface area (Å²) in [5, 5.41) is 13.0. The Morgan fingerprint density at radius 1 is 1.14 bits per heavy atom. The standard InChI is InChI=1S/C20H17FN2O5S/c1-27-12-5-7-13(8-6-12)29(25,26)23-17-3-2-4-18-19(17)22-16-10-9-15(21)20(24)14(16)11-28-18/h2-10,22-24H,11H2,1H3. The van der Waals surface area contributed by atoms with Crippen LogP contribution in [-0.2, 0) is 16.6 Å². The lowest BCUT2D eigenvalue weighted by molar-refractivity contribution is 0.301. The van der Waals surface area contributed by atoms with Gasteiger partial charge < -0.3 is 19.9 Å². The molecule has 0 bridgehead atoms. The number of methoxy groups -OCH3 is 1. The molecule has 1 aliphatic rings. The second-order valence-corrected chi connectivity index (χ2v) is 7.98. The Labute approximate surface area is 166 Å². The molecule has 4 rings (SSSR count). The predicted octanol–water partition coefficient (Wildman–Crippen LogP) is 3.98. The largest absolute Gasteiger partial charge is 0.504 e. The van der Waals surface area contributed by atoms with Crippen molar-refractivity contribution < 1.29 is 27.4 Å². The topological polar surface area (TPSA) is 96.9 Å². The van der Waals surface area contributed by atoms with Crippen LogP contribution in [0.2, 0.25) is 0 Å². The molecule has 9 heteroatoms. The number of nitrogens with one attached hydrogen (secondary N) is 2. The van der Waals surface area contributed by atoms with E-state index in [0.717, 1.165) is 6.07 Å². The molecule has 0 amide bonds. The molecule has 0 aliphatic carbocycles. The van der Waals surface area contributed by atoms with Gasteiger partial charge in [-0.2, -0.15) is 0 Å². The molecule has 0 atom stereocenters. The Morgan fingerprint density at radius 2 is 1.90 bits per heavy atom. The lowest BCUT2D eigenvalue weighted by Crippen LogP contribution is -2.14. The van der Waals surface area contributed by atoms with Gasteiger partial charge >= 0.3 is 0 Å². The monoisotopic (exact) mass is 416 g/mol. The first-order chi connectivity index (χ1) is 13.9. The zero-order chi connectivity index (χ0) is 20.6. The van der Waals surface area contributed by atoms with Crippen molar-refractivity contribution in [2.75, 3.05) is 17.1 Å². The van der Waals surface area contributed by atoms with E-state index in [2.05, 4.69) is 10.0 Å². The second-order valence-electron chi connectivity index (χ2n) is 6.30. The molecule has 1 aliphatic heterocycles. The van der Waals surface area contributed by atoms with Gasteiger partial charge in [-0.1, -0.05) is 6.07 Å². The number of hydrogen-bond acceptors (Lipinski definition) is 6. The maximum absolute atomic E-state index is 13.7. The van der Waals surface area contributed by atoms with Gasteiger partial charge in [0.2, 0.25) is 0 Å². The lowest BCUT2D eigenvalue weighted by atomic mass is 10.1. The maximum Gasteiger partial charge on any atom is 0.261 e. The van der Waals surface area contributed by atoms with Crippen LogP contribution in [-0.4, -0.2) is 20.6 Å². The van der Waals surface area contributed by atoms with E-state index in [1.54, 1.807) is 30.3 Å². The molecule has 0 radical (unpaired) electrons. The Balaban J connectivity index is 1.71. The van der Waals surface area contributed by atoms with E-state index in [0.29, 0.717) is 22.9 Å². The highest BCUT2D eigenvalue weighted by Gasteiger charge is 2.23. The Bertz CT molecular complexity index is 1180. The number of benzene rings is 3. The van der Waals surface area contributed by atoms with Gasteiger partial charge in [-0.25, -0.2) is 12.8 Å². The number of hydrogen-bond donors (Lipinski definition) is 3. The number of aromatic hydroxyl groups is 1. The quantitative estimate of drug-likeness (QED) is 0.595. The van der Waals surface area contributed by atoms with Gasteiger partial charge in [0.15, 0.2) is 11.6 Å². The van der Waals surface area contributed by atoms with Crippen molar-refractivity contribution in [2.24, 2.45) is 0 Å². The third kappa shape index (κ3) is 3.52. The molecule has 150 valence electrons. The molecule has 29 heavy (non-hydrogen) atoms. The highest BCUT2D eigenvalue weighted by molar-refractivity contribution is 7.92. The molecule has 3 N–H and O–H groups in total. The van der Waals surface area contributed by atoms with Gasteiger partial charge in [0.1, 0.15) is 23.8 Å². The summed E-state index contributed by atoms with van der Waals surface area (Å²) in [5.41, 5.74) is 1.26. The molecule has 0 aromatic heterocycles. The van der Waals surface area contributed by atoms with Crippen molar-refractivity contribution in [1.82, 2.24) is 0 Å². The predicted molar refractivity (Wildman–Crippen MR) is 106 cm³/mol. The van der Waals surface area contributed by atoms with E-state index in [9.17, 15) is 17.9 Å². The molecule has 1 heterocycles. The zero-order valence-electron chi connectivity index (χ0n) is 15.3. The number of anilines is 3. The molecule has 7 nitrogen and oxygen atoms in total. The molecule has 0 spiro atoms. The Kier molecular flexibility index (Phi) is 4.67. The minimum atomic E-state index is -3.89.